The van der Waals surface area contributed by atoms with E-state index >= 15 is 0 Å². The van der Waals surface area contributed by atoms with Crippen molar-refractivity contribution in [2.24, 2.45) is 23.7 Å². The molecule has 0 aliphatic carbocycles. The zero-order valence-electron chi connectivity index (χ0n) is 49.7. The molecule has 1 fully saturated rings. The molecule has 0 bridgehead atoms. The van der Waals surface area contributed by atoms with Gasteiger partial charge in [-0.05, 0) is 56.1 Å². The molecule has 22 heteroatoms. The number of carbonyl (C=O) groups is 8. The first-order valence-electron chi connectivity index (χ1n) is 28.0. The van der Waals surface area contributed by atoms with Crippen LogP contribution >= 0.6 is 0 Å². The van der Waals surface area contributed by atoms with E-state index in [1.807, 2.05) is 40.7 Å². The van der Waals surface area contributed by atoms with E-state index in [-0.39, 0.29) is 88.3 Å². The molecule has 448 valence electrons. The van der Waals surface area contributed by atoms with Crippen LogP contribution in [0.4, 0.5) is 0 Å². The van der Waals surface area contributed by atoms with Gasteiger partial charge in [0.2, 0.25) is 35.9 Å². The van der Waals surface area contributed by atoms with Gasteiger partial charge in [0, 0.05) is 40.4 Å². The van der Waals surface area contributed by atoms with Crippen molar-refractivity contribution >= 4 is 47.8 Å². The Bertz CT molecular complexity index is 2280. The fourth-order valence-electron chi connectivity index (χ4n) is 9.41. The minimum Gasteiger partial charge on any atom is -0.480 e. The number of likely N-dealkylation sites (tertiary alicyclic amines) is 1. The molecule has 0 radical (unpaired) electrons. The fraction of sp³-hybridized carbons (Fsp3) is 0.655. The largest absolute Gasteiger partial charge is 0.480 e. The van der Waals surface area contributed by atoms with Gasteiger partial charge in [0.1, 0.15) is 17.8 Å². The van der Waals surface area contributed by atoms with E-state index in [1.165, 1.54) is 41.2 Å². The Morgan fingerprint density at radius 3 is 2.12 bits per heavy atom. The number of aliphatic carboxylic acids is 1. The third-order valence-electron chi connectivity index (χ3n) is 14.3. The van der Waals surface area contributed by atoms with Crippen LogP contribution in [0.5, 0.6) is 0 Å². The van der Waals surface area contributed by atoms with Crippen LogP contribution in [0, 0.1) is 23.7 Å². The summed E-state index contributed by atoms with van der Waals surface area (Å²) in [5, 5.41) is 23.5. The van der Waals surface area contributed by atoms with Crippen LogP contribution in [0.3, 0.4) is 0 Å². The summed E-state index contributed by atoms with van der Waals surface area (Å²) in [4.78, 5) is 111. The monoisotopic (exact) mass is 1120 g/mol. The van der Waals surface area contributed by atoms with Crippen molar-refractivity contribution in [3.63, 3.8) is 0 Å². The number of carboxylic acid groups (broad SMARTS) is 1. The highest BCUT2D eigenvalue weighted by atomic mass is 16.5. The summed E-state index contributed by atoms with van der Waals surface area (Å²) in [7, 11) is 4.58. The number of carbonyl (C=O) groups excluding carboxylic acids is 7. The van der Waals surface area contributed by atoms with Crippen molar-refractivity contribution < 1.29 is 62.4 Å². The first-order chi connectivity index (χ1) is 38.2. The summed E-state index contributed by atoms with van der Waals surface area (Å²) in [5.74, 6) is -4.99. The number of nitrogens with one attached hydrogen (secondary N) is 2. The van der Waals surface area contributed by atoms with E-state index in [0.29, 0.717) is 44.5 Å². The molecule has 8 unspecified atom stereocenters. The van der Waals surface area contributed by atoms with Gasteiger partial charge in [0.15, 0.2) is 0 Å². The molecule has 0 saturated carbocycles. The molecule has 3 rings (SSSR count). The van der Waals surface area contributed by atoms with Crippen molar-refractivity contribution in [1.29, 1.82) is 0 Å². The van der Waals surface area contributed by atoms with E-state index in [4.69, 9.17) is 18.9 Å². The van der Waals surface area contributed by atoms with E-state index < -0.39 is 71.9 Å². The maximum Gasteiger partial charge on any atom is 0.326 e. The number of allylic oxidation sites excluding steroid dienone is 2. The summed E-state index contributed by atoms with van der Waals surface area (Å²) in [6, 6.07) is 5.81. The number of ether oxygens (including phenoxy) is 4. The zero-order chi connectivity index (χ0) is 59.9. The number of aromatic nitrogens is 3. The second-order valence-corrected chi connectivity index (χ2v) is 20.5. The number of hydrogen-bond acceptors (Lipinski definition) is 14. The Balaban J connectivity index is 0.00000712. The molecule has 1 aromatic heterocycles. The number of methoxy groups -OCH3 is 2. The third kappa shape index (κ3) is 22.3. The standard InChI is InChI=1S/C55H85N9O13.C3H8/c1-12-19-46(66)61(36-65)34-42-35-62(59-58-42)26-28-77-30-29-76-27-23-47(67)64(24-13-2)51(39(7)37(4)5)54(71)56-33-49(69)60(9)50(38(6)14-3)45(74-10)32-48(68)63-25-18-22-44(63)52(75-11)40(8)53(70)57-43(55(72)73)31-41-20-16-15-17-21-41;1-3-2/h12-13,15-17,19-21,24,35-40,43-45,50-52H,14,18,22-23,25-34H2,1-11H3,(H,56,71)(H,57,70)(H,72,73);3H2,1-2H3/b19-12-,24-13?;/t38?,39?,40?,43-,44?,45?,50?,51?,52?;/m0./s1. The second-order valence-electron chi connectivity index (χ2n) is 20.5. The first kappa shape index (κ1) is 69.7. The number of likely N-dealkylation sites (N-methyl/N-ethyl adjacent to an activating group) is 1. The number of imide groups is 1. The van der Waals surface area contributed by atoms with Crippen LogP contribution in [-0.2, 0) is 76.8 Å². The second kappa shape index (κ2) is 37.6. The van der Waals surface area contributed by atoms with Crippen LogP contribution in [0.25, 0.3) is 0 Å². The van der Waals surface area contributed by atoms with Gasteiger partial charge >= 0.3 is 5.97 Å². The SMILES string of the molecule is CC=CN(C(=O)CCOCCOCCn1cc(CN(C=O)C(=O)/C=C\C)nn1)C(C(=O)NCC(=O)N(C)C(C(C)CC)C(CC(=O)N1CCCC1C(OC)C(C)C(=O)N[C@@H](Cc1ccccc1)C(=O)O)OC)C(C)C(C)C.CCC. The number of nitrogens with zero attached hydrogens (tertiary/aromatic N) is 7. The van der Waals surface area contributed by atoms with Gasteiger partial charge in [-0.1, -0.05) is 116 Å². The van der Waals surface area contributed by atoms with Gasteiger partial charge in [0.25, 0.3) is 5.91 Å². The highest BCUT2D eigenvalue weighted by Gasteiger charge is 2.43. The predicted octanol–water partition coefficient (Wildman–Crippen LogP) is 5.05. The van der Waals surface area contributed by atoms with Crippen molar-refractivity contribution in [2.45, 2.75) is 164 Å². The molecular weight excluding hydrogens is 1030 g/mol. The molecule has 2 heterocycles. The van der Waals surface area contributed by atoms with Gasteiger partial charge < -0.3 is 49.4 Å². The normalized spacial score (nSPS) is 16.4. The van der Waals surface area contributed by atoms with Gasteiger partial charge in [0.05, 0.1) is 95.3 Å². The third-order valence-corrected chi connectivity index (χ3v) is 14.3. The van der Waals surface area contributed by atoms with Gasteiger partial charge in [-0.3, -0.25) is 38.5 Å². The Hall–Kier alpha value is -6.36. The lowest BCUT2D eigenvalue weighted by atomic mass is 9.88. The highest BCUT2D eigenvalue weighted by molar-refractivity contribution is 5.94. The number of carboxylic acids is 1. The topological polar surface area (TPSA) is 261 Å². The molecule has 80 heavy (non-hydrogen) atoms. The van der Waals surface area contributed by atoms with Crippen LogP contribution in [0.15, 0.2) is 61.0 Å². The van der Waals surface area contributed by atoms with E-state index in [1.54, 1.807) is 81.5 Å². The van der Waals surface area contributed by atoms with Crippen LogP contribution in [0.2, 0.25) is 0 Å². The molecule has 1 saturated heterocycles. The van der Waals surface area contributed by atoms with Crippen LogP contribution in [-0.4, -0.2) is 185 Å². The molecule has 1 aromatic carbocycles. The van der Waals surface area contributed by atoms with Crippen LogP contribution < -0.4 is 10.6 Å². The maximum atomic E-state index is 14.3. The average Bonchev–Trinajstić information content (AvgIpc) is 4.12. The quantitative estimate of drug-likeness (QED) is 0.0464. The molecule has 9 atom stereocenters. The molecule has 22 nitrogen and oxygen atoms in total. The fourth-order valence-corrected chi connectivity index (χ4v) is 9.41. The number of hydrogen-bond donors (Lipinski definition) is 3. The summed E-state index contributed by atoms with van der Waals surface area (Å²) >= 11 is 0. The van der Waals surface area contributed by atoms with E-state index in [2.05, 4.69) is 34.8 Å². The van der Waals surface area contributed by atoms with Gasteiger partial charge in [-0.25, -0.2) is 9.48 Å². The molecule has 2 aromatic rings. The average molecular weight is 1120 g/mol. The molecular formula is C58H93N9O13. The molecule has 1 aliphatic heterocycles. The summed E-state index contributed by atoms with van der Waals surface area (Å²) in [6.45, 7) is 20.2. The van der Waals surface area contributed by atoms with Crippen molar-refractivity contribution in [1.82, 2.24) is 45.2 Å². The van der Waals surface area contributed by atoms with Gasteiger partial charge in [-0.2, -0.15) is 0 Å². The minimum atomic E-state index is -1.17. The Kier molecular flexibility index (Phi) is 32.7. The molecule has 0 spiro atoms. The Labute approximate surface area is 474 Å². The van der Waals surface area contributed by atoms with E-state index in [0.717, 1.165) is 10.5 Å². The Morgan fingerprint density at radius 1 is 0.887 bits per heavy atom. The number of rotatable bonds is 35. The molecule has 1 aliphatic rings. The van der Waals surface area contributed by atoms with Crippen molar-refractivity contribution in [2.75, 3.05) is 60.8 Å². The minimum absolute atomic E-state index is 0.0187. The zero-order valence-corrected chi connectivity index (χ0v) is 49.7. The summed E-state index contributed by atoms with van der Waals surface area (Å²) in [6.07, 6.45) is 9.68. The lowest BCUT2D eigenvalue weighted by Gasteiger charge is -2.39. The molecule has 7 amide bonds. The summed E-state index contributed by atoms with van der Waals surface area (Å²) in [5.41, 5.74) is 1.19. The van der Waals surface area contributed by atoms with E-state index in [9.17, 15) is 43.5 Å². The number of benzene rings is 1. The number of amides is 7. The predicted molar refractivity (Wildman–Crippen MR) is 302 cm³/mol. The van der Waals surface area contributed by atoms with Crippen molar-refractivity contribution in [3.8, 4) is 0 Å². The lowest BCUT2D eigenvalue weighted by molar-refractivity contribution is -0.147. The smallest absolute Gasteiger partial charge is 0.326 e. The van der Waals surface area contributed by atoms with Crippen molar-refractivity contribution in [3.05, 3.63) is 72.2 Å². The Morgan fingerprint density at radius 2 is 1.55 bits per heavy atom. The first-order valence-corrected chi connectivity index (χ1v) is 28.0. The molecule has 3 N–H and O–H groups in total. The lowest BCUT2D eigenvalue weighted by Crippen LogP contribution is -2.56. The van der Waals surface area contributed by atoms with Gasteiger partial charge in [-0.15, -0.1) is 5.10 Å². The maximum absolute atomic E-state index is 14.3. The summed E-state index contributed by atoms with van der Waals surface area (Å²) < 4.78 is 24.8. The van der Waals surface area contributed by atoms with Crippen LogP contribution in [0.1, 0.15) is 119 Å². The highest BCUT2D eigenvalue weighted by Crippen LogP contribution is 2.30.